The number of benzene rings is 1. The van der Waals surface area contributed by atoms with Crippen molar-refractivity contribution in [1.82, 2.24) is 0 Å². The molecule has 100 valence electrons. The summed E-state index contributed by atoms with van der Waals surface area (Å²) in [5.74, 6) is -1.88. The van der Waals surface area contributed by atoms with Crippen LogP contribution in [0.4, 0.5) is 20.2 Å². The van der Waals surface area contributed by atoms with E-state index in [0.717, 1.165) is 18.9 Å². The van der Waals surface area contributed by atoms with Crippen LogP contribution in [0.15, 0.2) is 12.1 Å². The standard InChI is InChI=1S/C11H14F2N2O2S/c12-8-5-9(13)11(6-10(8)14)15-18(16,17)7-3-1-2-4-7/h5-7,15H,1-4,14H2. The van der Waals surface area contributed by atoms with Crippen molar-refractivity contribution in [2.75, 3.05) is 10.5 Å². The normalized spacial score (nSPS) is 17.0. The van der Waals surface area contributed by atoms with E-state index in [-0.39, 0.29) is 11.4 Å². The number of hydrogen-bond donors (Lipinski definition) is 2. The fourth-order valence-electron chi connectivity index (χ4n) is 2.08. The van der Waals surface area contributed by atoms with Gasteiger partial charge in [-0.25, -0.2) is 17.2 Å². The van der Waals surface area contributed by atoms with Crippen LogP contribution in [0, 0.1) is 11.6 Å². The van der Waals surface area contributed by atoms with Crippen LogP contribution in [0.1, 0.15) is 25.7 Å². The molecule has 0 aromatic heterocycles. The lowest BCUT2D eigenvalue weighted by molar-refractivity contribution is 0.578. The Morgan fingerprint density at radius 3 is 2.39 bits per heavy atom. The molecule has 0 saturated heterocycles. The Hall–Kier alpha value is -1.37. The highest BCUT2D eigenvalue weighted by atomic mass is 32.2. The van der Waals surface area contributed by atoms with Gasteiger partial charge in [0.1, 0.15) is 11.6 Å². The first-order valence-corrected chi connectivity index (χ1v) is 7.21. The van der Waals surface area contributed by atoms with E-state index in [9.17, 15) is 17.2 Å². The highest BCUT2D eigenvalue weighted by Gasteiger charge is 2.29. The average molecular weight is 276 g/mol. The van der Waals surface area contributed by atoms with Crippen LogP contribution in [-0.2, 0) is 10.0 Å². The van der Waals surface area contributed by atoms with Gasteiger partial charge in [0.25, 0.3) is 0 Å². The van der Waals surface area contributed by atoms with E-state index < -0.39 is 26.9 Å². The van der Waals surface area contributed by atoms with Crippen LogP contribution >= 0.6 is 0 Å². The van der Waals surface area contributed by atoms with Gasteiger partial charge in [0.2, 0.25) is 10.0 Å². The summed E-state index contributed by atoms with van der Waals surface area (Å²) in [6, 6.07) is 1.53. The van der Waals surface area contributed by atoms with Gasteiger partial charge in [-0.1, -0.05) is 12.8 Å². The summed E-state index contributed by atoms with van der Waals surface area (Å²) >= 11 is 0. The van der Waals surface area contributed by atoms with Gasteiger partial charge < -0.3 is 5.73 Å². The van der Waals surface area contributed by atoms with Gasteiger partial charge in [-0.05, 0) is 18.9 Å². The number of hydrogen-bond acceptors (Lipinski definition) is 3. The molecule has 0 aliphatic heterocycles. The highest BCUT2D eigenvalue weighted by Crippen LogP contribution is 2.28. The highest BCUT2D eigenvalue weighted by molar-refractivity contribution is 7.93. The van der Waals surface area contributed by atoms with Gasteiger partial charge in [0, 0.05) is 6.07 Å². The Morgan fingerprint density at radius 2 is 1.78 bits per heavy atom. The molecule has 0 amide bonds. The third-order valence-corrected chi connectivity index (χ3v) is 4.93. The molecule has 0 heterocycles. The molecular weight excluding hydrogens is 262 g/mol. The van der Waals surface area contributed by atoms with Crippen molar-refractivity contribution >= 4 is 21.4 Å². The number of sulfonamides is 1. The number of halogens is 2. The van der Waals surface area contributed by atoms with Crippen LogP contribution in [0.2, 0.25) is 0 Å². The van der Waals surface area contributed by atoms with Crippen LogP contribution < -0.4 is 10.5 Å². The summed E-state index contributed by atoms with van der Waals surface area (Å²) in [5.41, 5.74) is 4.69. The zero-order valence-corrected chi connectivity index (χ0v) is 10.4. The minimum absolute atomic E-state index is 0.291. The maximum atomic E-state index is 13.4. The van der Waals surface area contributed by atoms with Crippen LogP contribution in [0.3, 0.4) is 0 Å². The minimum Gasteiger partial charge on any atom is -0.396 e. The fourth-order valence-corrected chi connectivity index (χ4v) is 3.66. The number of anilines is 2. The van der Waals surface area contributed by atoms with E-state index in [1.54, 1.807) is 0 Å². The summed E-state index contributed by atoms with van der Waals surface area (Å²) in [6.07, 6.45) is 2.82. The first-order valence-electron chi connectivity index (χ1n) is 5.66. The Labute approximate surface area is 104 Å². The van der Waals surface area contributed by atoms with E-state index in [4.69, 9.17) is 5.73 Å². The van der Waals surface area contributed by atoms with E-state index >= 15 is 0 Å². The second-order valence-electron chi connectivity index (χ2n) is 4.41. The van der Waals surface area contributed by atoms with Crippen molar-refractivity contribution in [3.63, 3.8) is 0 Å². The zero-order valence-electron chi connectivity index (χ0n) is 9.62. The lowest BCUT2D eigenvalue weighted by atomic mass is 10.2. The topological polar surface area (TPSA) is 72.2 Å². The summed E-state index contributed by atoms with van der Waals surface area (Å²) in [6.45, 7) is 0. The van der Waals surface area contributed by atoms with Crippen LogP contribution in [0.5, 0.6) is 0 Å². The van der Waals surface area contributed by atoms with Gasteiger partial charge in [-0.2, -0.15) is 0 Å². The molecule has 1 aliphatic carbocycles. The quantitative estimate of drug-likeness (QED) is 0.831. The molecule has 1 saturated carbocycles. The molecular formula is C11H14F2N2O2S. The van der Waals surface area contributed by atoms with Crippen molar-refractivity contribution in [3.05, 3.63) is 23.8 Å². The molecule has 2 rings (SSSR count). The third kappa shape index (κ3) is 2.55. The maximum Gasteiger partial charge on any atom is 0.235 e. The first-order chi connectivity index (χ1) is 8.40. The molecule has 3 N–H and O–H groups in total. The summed E-state index contributed by atoms with van der Waals surface area (Å²) in [4.78, 5) is 0. The van der Waals surface area contributed by atoms with Crippen LogP contribution in [0.25, 0.3) is 0 Å². The molecule has 1 fully saturated rings. The summed E-state index contributed by atoms with van der Waals surface area (Å²) in [5, 5.41) is -0.511. The molecule has 4 nitrogen and oxygen atoms in total. The Morgan fingerprint density at radius 1 is 1.17 bits per heavy atom. The van der Waals surface area contributed by atoms with Gasteiger partial charge >= 0.3 is 0 Å². The molecule has 0 radical (unpaired) electrons. The average Bonchev–Trinajstić information content (AvgIpc) is 2.79. The zero-order chi connectivity index (χ0) is 13.3. The summed E-state index contributed by atoms with van der Waals surface area (Å²) in [7, 11) is -3.63. The van der Waals surface area contributed by atoms with Gasteiger partial charge in [0.15, 0.2) is 0 Å². The van der Waals surface area contributed by atoms with Crippen molar-refractivity contribution in [2.45, 2.75) is 30.9 Å². The maximum absolute atomic E-state index is 13.4. The van der Waals surface area contributed by atoms with Crippen molar-refractivity contribution < 1.29 is 17.2 Å². The molecule has 1 aromatic rings. The number of nitrogens with two attached hydrogens (primary N) is 1. The predicted molar refractivity (Wildman–Crippen MR) is 65.6 cm³/mol. The second-order valence-corrected chi connectivity index (χ2v) is 6.37. The molecule has 0 unspecified atom stereocenters. The second kappa shape index (κ2) is 4.72. The number of nitrogen functional groups attached to an aromatic ring is 1. The van der Waals surface area contributed by atoms with Gasteiger partial charge in [-0.3, -0.25) is 4.72 Å². The SMILES string of the molecule is Nc1cc(NS(=O)(=O)C2CCCC2)c(F)cc1F. The van der Waals surface area contributed by atoms with Crippen molar-refractivity contribution in [2.24, 2.45) is 0 Å². The van der Waals surface area contributed by atoms with Gasteiger partial charge in [0.05, 0.1) is 16.6 Å². The van der Waals surface area contributed by atoms with Crippen molar-refractivity contribution in [1.29, 1.82) is 0 Å². The van der Waals surface area contributed by atoms with Gasteiger partial charge in [-0.15, -0.1) is 0 Å². The minimum atomic E-state index is -3.63. The van der Waals surface area contributed by atoms with E-state index in [0.29, 0.717) is 18.9 Å². The molecule has 0 bridgehead atoms. The molecule has 1 aliphatic rings. The largest absolute Gasteiger partial charge is 0.396 e. The van der Waals surface area contributed by atoms with E-state index in [1.807, 2.05) is 0 Å². The van der Waals surface area contributed by atoms with E-state index in [2.05, 4.69) is 4.72 Å². The molecule has 7 heteroatoms. The third-order valence-electron chi connectivity index (χ3n) is 3.08. The van der Waals surface area contributed by atoms with Crippen molar-refractivity contribution in [3.8, 4) is 0 Å². The lowest BCUT2D eigenvalue weighted by Gasteiger charge is -2.14. The smallest absolute Gasteiger partial charge is 0.235 e. The Kier molecular flexibility index (Phi) is 3.43. The van der Waals surface area contributed by atoms with Crippen LogP contribution in [-0.4, -0.2) is 13.7 Å². The lowest BCUT2D eigenvalue weighted by Crippen LogP contribution is -2.25. The number of rotatable bonds is 3. The van der Waals surface area contributed by atoms with E-state index in [1.165, 1.54) is 0 Å². The molecule has 0 atom stereocenters. The number of nitrogens with one attached hydrogen (secondary N) is 1. The molecule has 0 spiro atoms. The molecule has 1 aromatic carbocycles. The Balaban J connectivity index is 2.26. The predicted octanol–water partition coefficient (Wildman–Crippen LogP) is 2.23. The molecule has 18 heavy (non-hydrogen) atoms. The Bertz CT molecular complexity index is 554. The first kappa shape index (κ1) is 13.1. The summed E-state index contributed by atoms with van der Waals surface area (Å²) < 4.78 is 52.4. The fraction of sp³-hybridized carbons (Fsp3) is 0.455. The monoisotopic (exact) mass is 276 g/mol.